The monoisotopic (exact) mass is 393 g/mol. The summed E-state index contributed by atoms with van der Waals surface area (Å²) >= 11 is 4.85. The summed E-state index contributed by atoms with van der Waals surface area (Å²) in [7, 11) is -3.81. The zero-order valence-corrected chi connectivity index (χ0v) is 14.9. The lowest BCUT2D eigenvalue weighted by Gasteiger charge is -2.04. The Hall–Kier alpha value is -1.55. The third-order valence-corrected chi connectivity index (χ3v) is 5.89. The standard InChI is InChI=1S/C16H12BrNO2S2/c1-21-14-6-2-12(3-7-14)10-16(11-18)22(19,20)15-8-4-13(17)5-9-15/h2-10H,1H3. The van der Waals surface area contributed by atoms with E-state index in [4.69, 9.17) is 0 Å². The number of hydrogen-bond donors (Lipinski definition) is 0. The van der Waals surface area contributed by atoms with Crippen LogP contribution in [0.15, 0.2) is 67.7 Å². The molecule has 0 fully saturated rings. The molecule has 0 saturated carbocycles. The Bertz CT molecular complexity index is 833. The molecule has 0 aromatic heterocycles. The Morgan fingerprint density at radius 2 is 1.73 bits per heavy atom. The van der Waals surface area contributed by atoms with Crippen molar-refractivity contribution in [3.8, 4) is 6.07 Å². The van der Waals surface area contributed by atoms with E-state index >= 15 is 0 Å². The molecule has 2 rings (SSSR count). The predicted molar refractivity (Wildman–Crippen MR) is 93.1 cm³/mol. The van der Waals surface area contributed by atoms with Gasteiger partial charge in [-0.15, -0.1) is 11.8 Å². The molecule has 0 aliphatic heterocycles. The van der Waals surface area contributed by atoms with Gasteiger partial charge in [-0.25, -0.2) is 8.42 Å². The molecule has 3 nitrogen and oxygen atoms in total. The van der Waals surface area contributed by atoms with Gasteiger partial charge in [0, 0.05) is 9.37 Å². The minimum Gasteiger partial charge on any atom is -0.218 e. The predicted octanol–water partition coefficient (Wildman–Crippen LogP) is 4.51. The van der Waals surface area contributed by atoms with E-state index in [9.17, 15) is 13.7 Å². The molecule has 0 aliphatic rings. The van der Waals surface area contributed by atoms with Crippen molar-refractivity contribution in [2.45, 2.75) is 9.79 Å². The van der Waals surface area contributed by atoms with Gasteiger partial charge in [0.1, 0.15) is 11.0 Å². The van der Waals surface area contributed by atoms with Crippen molar-refractivity contribution in [1.82, 2.24) is 0 Å². The van der Waals surface area contributed by atoms with Crippen molar-refractivity contribution >= 4 is 43.6 Å². The number of rotatable bonds is 4. The highest BCUT2D eigenvalue weighted by Gasteiger charge is 2.20. The van der Waals surface area contributed by atoms with Gasteiger partial charge in [-0.2, -0.15) is 5.26 Å². The Kier molecular flexibility index (Phi) is 5.46. The van der Waals surface area contributed by atoms with Gasteiger partial charge >= 0.3 is 0 Å². The average Bonchev–Trinajstić information content (AvgIpc) is 2.53. The van der Waals surface area contributed by atoms with E-state index in [1.165, 1.54) is 18.2 Å². The first-order chi connectivity index (χ1) is 10.5. The maximum Gasteiger partial charge on any atom is 0.216 e. The zero-order chi connectivity index (χ0) is 16.2. The first-order valence-corrected chi connectivity index (χ1v) is 9.74. The van der Waals surface area contributed by atoms with E-state index < -0.39 is 9.84 Å². The maximum absolute atomic E-state index is 12.5. The summed E-state index contributed by atoms with van der Waals surface area (Å²) in [4.78, 5) is 0.905. The second kappa shape index (κ2) is 7.14. The lowest BCUT2D eigenvalue weighted by Crippen LogP contribution is -2.03. The van der Waals surface area contributed by atoms with Crippen LogP contribution in [-0.4, -0.2) is 14.7 Å². The van der Waals surface area contributed by atoms with Crippen molar-refractivity contribution in [2.75, 3.05) is 6.26 Å². The molecule has 0 unspecified atom stereocenters. The van der Waals surface area contributed by atoms with E-state index in [-0.39, 0.29) is 9.80 Å². The number of thioether (sulfide) groups is 1. The van der Waals surface area contributed by atoms with Crippen LogP contribution >= 0.6 is 27.7 Å². The van der Waals surface area contributed by atoms with Crippen molar-refractivity contribution < 1.29 is 8.42 Å². The molecule has 0 N–H and O–H groups in total. The summed E-state index contributed by atoms with van der Waals surface area (Å²) in [5.74, 6) is 0. The van der Waals surface area contributed by atoms with Crippen molar-refractivity contribution in [1.29, 1.82) is 5.26 Å². The Morgan fingerprint density at radius 1 is 1.14 bits per heavy atom. The van der Waals surface area contributed by atoms with Crippen LogP contribution in [0.3, 0.4) is 0 Å². The number of sulfone groups is 1. The van der Waals surface area contributed by atoms with Gasteiger partial charge in [0.05, 0.1) is 4.90 Å². The van der Waals surface area contributed by atoms with Crippen molar-refractivity contribution in [3.05, 3.63) is 63.5 Å². The highest BCUT2D eigenvalue weighted by atomic mass is 79.9. The third kappa shape index (κ3) is 3.80. The normalized spacial score (nSPS) is 12.0. The van der Waals surface area contributed by atoms with Gasteiger partial charge in [-0.05, 0) is 54.3 Å². The molecule has 2 aromatic rings. The van der Waals surface area contributed by atoms with E-state index in [0.717, 1.165) is 9.37 Å². The minimum absolute atomic E-state index is 0.101. The second-order valence-corrected chi connectivity index (χ2v) is 8.06. The number of nitriles is 1. The van der Waals surface area contributed by atoms with Gasteiger partial charge in [-0.1, -0.05) is 28.1 Å². The lowest BCUT2D eigenvalue weighted by atomic mass is 10.2. The molecule has 0 spiro atoms. The zero-order valence-electron chi connectivity index (χ0n) is 11.7. The summed E-state index contributed by atoms with van der Waals surface area (Å²) in [6.45, 7) is 0. The SMILES string of the molecule is CSc1ccc(C=C(C#N)S(=O)(=O)c2ccc(Br)cc2)cc1. The van der Waals surface area contributed by atoms with Crippen LogP contribution < -0.4 is 0 Å². The molecular weight excluding hydrogens is 382 g/mol. The smallest absolute Gasteiger partial charge is 0.216 e. The lowest BCUT2D eigenvalue weighted by molar-refractivity contribution is 0.603. The quantitative estimate of drug-likeness (QED) is 0.566. The van der Waals surface area contributed by atoms with Gasteiger partial charge in [-0.3, -0.25) is 0 Å². The van der Waals surface area contributed by atoms with Gasteiger partial charge < -0.3 is 0 Å². The van der Waals surface area contributed by atoms with Crippen LogP contribution in [-0.2, 0) is 9.84 Å². The number of hydrogen-bond acceptors (Lipinski definition) is 4. The number of nitrogens with zero attached hydrogens (tertiary/aromatic N) is 1. The van der Waals surface area contributed by atoms with Crippen LogP contribution in [0.5, 0.6) is 0 Å². The van der Waals surface area contributed by atoms with Gasteiger partial charge in [0.15, 0.2) is 0 Å². The molecule has 112 valence electrons. The molecule has 6 heteroatoms. The van der Waals surface area contributed by atoms with Crippen LogP contribution in [0.1, 0.15) is 5.56 Å². The van der Waals surface area contributed by atoms with E-state index in [1.54, 1.807) is 42.1 Å². The molecule has 0 heterocycles. The van der Waals surface area contributed by atoms with Crippen molar-refractivity contribution in [3.63, 3.8) is 0 Å². The molecule has 0 radical (unpaired) electrons. The van der Waals surface area contributed by atoms with E-state index in [1.807, 2.05) is 18.4 Å². The molecule has 0 atom stereocenters. The molecule has 0 bridgehead atoms. The Balaban J connectivity index is 2.43. The van der Waals surface area contributed by atoms with Gasteiger partial charge in [0.25, 0.3) is 0 Å². The maximum atomic E-state index is 12.5. The highest BCUT2D eigenvalue weighted by Crippen LogP contribution is 2.23. The van der Waals surface area contributed by atoms with E-state index in [2.05, 4.69) is 15.9 Å². The summed E-state index contributed by atoms with van der Waals surface area (Å²) in [5.41, 5.74) is 0.676. The molecule has 0 amide bonds. The summed E-state index contributed by atoms with van der Waals surface area (Å²) < 4.78 is 25.8. The third-order valence-electron chi connectivity index (χ3n) is 2.94. The van der Waals surface area contributed by atoms with Crippen LogP contribution in [0.4, 0.5) is 0 Å². The minimum atomic E-state index is -3.81. The fourth-order valence-corrected chi connectivity index (χ4v) is 3.59. The van der Waals surface area contributed by atoms with Crippen molar-refractivity contribution in [2.24, 2.45) is 0 Å². The first kappa shape index (κ1) is 16.8. The summed E-state index contributed by atoms with van der Waals surface area (Å²) in [6.07, 6.45) is 3.35. The van der Waals surface area contributed by atoms with E-state index in [0.29, 0.717) is 5.56 Å². The molecule has 0 aliphatic carbocycles. The Morgan fingerprint density at radius 3 is 2.23 bits per heavy atom. The van der Waals surface area contributed by atoms with Crippen LogP contribution in [0.25, 0.3) is 6.08 Å². The fraction of sp³-hybridized carbons (Fsp3) is 0.0625. The first-order valence-electron chi connectivity index (χ1n) is 6.24. The number of benzene rings is 2. The topological polar surface area (TPSA) is 57.9 Å². The van der Waals surface area contributed by atoms with Crippen LogP contribution in [0, 0.1) is 11.3 Å². The van der Waals surface area contributed by atoms with Crippen LogP contribution in [0.2, 0.25) is 0 Å². The fourth-order valence-electron chi connectivity index (χ4n) is 1.76. The molecule has 22 heavy (non-hydrogen) atoms. The summed E-state index contributed by atoms with van der Waals surface area (Å²) in [6, 6.07) is 15.4. The summed E-state index contributed by atoms with van der Waals surface area (Å²) in [5, 5.41) is 9.23. The number of allylic oxidation sites excluding steroid dienone is 1. The van der Waals surface area contributed by atoms with Gasteiger partial charge in [0.2, 0.25) is 9.84 Å². The number of halogens is 1. The molecule has 2 aromatic carbocycles. The molecule has 0 saturated heterocycles. The Labute approximate surface area is 142 Å². The highest BCUT2D eigenvalue weighted by molar-refractivity contribution is 9.10. The molecular formula is C16H12BrNO2S2. The second-order valence-electron chi connectivity index (χ2n) is 4.35. The largest absolute Gasteiger partial charge is 0.218 e. The average molecular weight is 394 g/mol.